The molecule has 1 aliphatic heterocycles. The highest BCUT2D eigenvalue weighted by Gasteiger charge is 2.23. The molecule has 2 amide bonds. The van der Waals surface area contributed by atoms with E-state index < -0.39 is 5.76 Å². The largest absolute Gasteiger partial charge is 0.417 e. The molecule has 0 bridgehead atoms. The first-order valence-corrected chi connectivity index (χ1v) is 9.38. The van der Waals surface area contributed by atoms with Crippen molar-refractivity contribution < 1.29 is 14.0 Å². The molecule has 7 nitrogen and oxygen atoms in total. The van der Waals surface area contributed by atoms with Crippen LogP contribution in [0.25, 0.3) is 11.1 Å². The molecule has 7 heteroatoms. The Morgan fingerprint density at radius 3 is 2.86 bits per heavy atom. The van der Waals surface area contributed by atoms with Crippen LogP contribution in [0.1, 0.15) is 30.9 Å². The summed E-state index contributed by atoms with van der Waals surface area (Å²) in [6.07, 6.45) is 2.26. The number of nitrogens with zero attached hydrogens (tertiary/aromatic N) is 1. The number of benzene rings is 2. The summed E-state index contributed by atoms with van der Waals surface area (Å²) in [5.74, 6) is -0.512. The second-order valence-corrected chi connectivity index (χ2v) is 6.96. The summed E-state index contributed by atoms with van der Waals surface area (Å²) < 4.78 is 4.97. The summed E-state index contributed by atoms with van der Waals surface area (Å²) in [6, 6.07) is 10.8. The highest BCUT2D eigenvalue weighted by atomic mass is 16.4. The number of amides is 2. The molecule has 2 heterocycles. The van der Waals surface area contributed by atoms with Crippen LogP contribution in [0.5, 0.6) is 0 Å². The zero-order valence-electron chi connectivity index (χ0n) is 15.6. The van der Waals surface area contributed by atoms with Crippen molar-refractivity contribution >= 4 is 34.3 Å². The Balaban J connectivity index is 1.48. The van der Waals surface area contributed by atoms with Gasteiger partial charge in [-0.3, -0.25) is 14.6 Å². The quantitative estimate of drug-likeness (QED) is 0.712. The molecule has 2 N–H and O–H groups in total. The predicted molar refractivity (Wildman–Crippen MR) is 107 cm³/mol. The van der Waals surface area contributed by atoms with Gasteiger partial charge in [-0.25, -0.2) is 4.79 Å². The third-order valence-electron chi connectivity index (χ3n) is 4.86. The molecule has 0 atom stereocenters. The molecular formula is C21H21N3O4. The monoisotopic (exact) mass is 379 g/mol. The maximum absolute atomic E-state index is 12.4. The summed E-state index contributed by atoms with van der Waals surface area (Å²) in [7, 11) is 0. The van der Waals surface area contributed by atoms with Gasteiger partial charge in [-0.15, -0.1) is 0 Å². The minimum Gasteiger partial charge on any atom is -0.408 e. The number of carbonyl (C=O) groups is 2. The number of hydrogen-bond acceptors (Lipinski definition) is 4. The van der Waals surface area contributed by atoms with Crippen molar-refractivity contribution in [3.05, 3.63) is 58.1 Å². The number of carbonyl (C=O) groups excluding carboxylic acids is 2. The molecule has 3 aromatic rings. The minimum absolute atomic E-state index is 0.151. The number of H-pyrrole nitrogens is 1. The van der Waals surface area contributed by atoms with E-state index in [1.54, 1.807) is 18.2 Å². The lowest BCUT2D eigenvalue weighted by molar-refractivity contribution is -0.119. The standard InChI is InChI=1S/C21H21N3O4/c1-2-9-24-17-6-5-15(12-14(17)4-8-20(24)26)22-19(25)11-13-3-7-18-16(10-13)23-21(27)28-18/h3,5-7,10,12H,2,4,8-9,11H2,1H3,(H,22,25)(H,23,27). The van der Waals surface area contributed by atoms with Crippen LogP contribution in [0.4, 0.5) is 11.4 Å². The van der Waals surface area contributed by atoms with Crippen LogP contribution >= 0.6 is 0 Å². The number of anilines is 2. The lowest BCUT2D eigenvalue weighted by Gasteiger charge is -2.29. The van der Waals surface area contributed by atoms with E-state index in [1.807, 2.05) is 30.0 Å². The van der Waals surface area contributed by atoms with Crippen LogP contribution in [-0.4, -0.2) is 23.3 Å². The number of nitrogens with one attached hydrogen (secondary N) is 2. The second-order valence-electron chi connectivity index (χ2n) is 6.96. The Kier molecular flexibility index (Phi) is 4.73. The molecule has 1 aliphatic rings. The lowest BCUT2D eigenvalue weighted by Crippen LogP contribution is -2.35. The summed E-state index contributed by atoms with van der Waals surface area (Å²) >= 11 is 0. The first-order chi connectivity index (χ1) is 13.5. The smallest absolute Gasteiger partial charge is 0.408 e. The fourth-order valence-corrected chi connectivity index (χ4v) is 3.61. The van der Waals surface area contributed by atoms with E-state index in [2.05, 4.69) is 10.3 Å². The first-order valence-electron chi connectivity index (χ1n) is 9.38. The van der Waals surface area contributed by atoms with Gasteiger partial charge in [0.05, 0.1) is 11.9 Å². The maximum Gasteiger partial charge on any atom is 0.417 e. The molecule has 0 unspecified atom stereocenters. The normalized spacial score (nSPS) is 13.6. The molecule has 0 spiro atoms. The van der Waals surface area contributed by atoms with Gasteiger partial charge in [0.2, 0.25) is 11.8 Å². The second kappa shape index (κ2) is 7.34. The Labute approximate surface area is 161 Å². The van der Waals surface area contributed by atoms with Gasteiger partial charge >= 0.3 is 5.76 Å². The lowest BCUT2D eigenvalue weighted by atomic mass is 10.00. The van der Waals surface area contributed by atoms with E-state index in [1.165, 1.54) is 0 Å². The molecule has 144 valence electrons. The molecule has 0 fully saturated rings. The third kappa shape index (κ3) is 3.55. The predicted octanol–water partition coefficient (Wildman–Crippen LogP) is 2.99. The van der Waals surface area contributed by atoms with Gasteiger partial charge in [0.15, 0.2) is 5.58 Å². The van der Waals surface area contributed by atoms with Crippen molar-refractivity contribution in [3.63, 3.8) is 0 Å². The molecule has 0 saturated carbocycles. The summed E-state index contributed by atoms with van der Waals surface area (Å²) in [5.41, 5.74) is 4.54. The van der Waals surface area contributed by atoms with Gasteiger partial charge in [-0.1, -0.05) is 13.0 Å². The zero-order valence-corrected chi connectivity index (χ0v) is 15.6. The Morgan fingerprint density at radius 2 is 2.04 bits per heavy atom. The van der Waals surface area contributed by atoms with Crippen molar-refractivity contribution in [2.24, 2.45) is 0 Å². The van der Waals surface area contributed by atoms with E-state index in [0.29, 0.717) is 36.2 Å². The average molecular weight is 379 g/mol. The summed E-state index contributed by atoms with van der Waals surface area (Å²) in [5, 5.41) is 2.91. The van der Waals surface area contributed by atoms with E-state index in [9.17, 15) is 14.4 Å². The number of rotatable bonds is 5. The van der Waals surface area contributed by atoms with Crippen LogP contribution in [-0.2, 0) is 22.4 Å². The van der Waals surface area contributed by atoms with E-state index >= 15 is 0 Å². The summed E-state index contributed by atoms with van der Waals surface area (Å²) in [4.78, 5) is 40.2. The topological polar surface area (TPSA) is 95.4 Å². The Bertz CT molecular complexity index is 1110. The van der Waals surface area contributed by atoms with Crippen LogP contribution in [0.2, 0.25) is 0 Å². The zero-order chi connectivity index (χ0) is 19.7. The van der Waals surface area contributed by atoms with Crippen LogP contribution in [0.3, 0.4) is 0 Å². The Hall–Kier alpha value is -3.35. The minimum atomic E-state index is -0.513. The van der Waals surface area contributed by atoms with E-state index in [0.717, 1.165) is 23.2 Å². The van der Waals surface area contributed by atoms with E-state index in [4.69, 9.17) is 4.42 Å². The van der Waals surface area contributed by atoms with Crippen molar-refractivity contribution in [1.82, 2.24) is 4.98 Å². The number of aromatic amines is 1. The van der Waals surface area contributed by atoms with Crippen molar-refractivity contribution in [2.75, 3.05) is 16.8 Å². The van der Waals surface area contributed by atoms with Crippen LogP contribution in [0, 0.1) is 0 Å². The molecule has 2 aromatic carbocycles. The van der Waals surface area contributed by atoms with Gasteiger partial charge < -0.3 is 14.6 Å². The maximum atomic E-state index is 12.4. The molecule has 4 rings (SSSR count). The molecule has 0 aliphatic carbocycles. The number of oxazole rings is 1. The number of aryl methyl sites for hydroxylation is 1. The molecule has 0 radical (unpaired) electrons. The molecular weight excluding hydrogens is 358 g/mol. The average Bonchev–Trinajstić information content (AvgIpc) is 3.03. The highest BCUT2D eigenvalue weighted by molar-refractivity contribution is 5.98. The third-order valence-corrected chi connectivity index (χ3v) is 4.86. The van der Waals surface area contributed by atoms with Gasteiger partial charge in [0.25, 0.3) is 0 Å². The van der Waals surface area contributed by atoms with Gasteiger partial charge in [-0.2, -0.15) is 0 Å². The Morgan fingerprint density at radius 1 is 1.18 bits per heavy atom. The fourth-order valence-electron chi connectivity index (χ4n) is 3.61. The number of aromatic nitrogens is 1. The van der Waals surface area contributed by atoms with Crippen molar-refractivity contribution in [2.45, 2.75) is 32.6 Å². The van der Waals surface area contributed by atoms with Crippen molar-refractivity contribution in [3.8, 4) is 0 Å². The number of fused-ring (bicyclic) bond motifs is 2. The van der Waals surface area contributed by atoms with Gasteiger partial charge in [-0.05, 0) is 54.3 Å². The van der Waals surface area contributed by atoms with Crippen molar-refractivity contribution in [1.29, 1.82) is 0 Å². The fraction of sp³-hybridized carbons (Fsp3) is 0.286. The SMILES string of the molecule is CCCN1C(=O)CCc2cc(NC(=O)Cc3ccc4oc(=O)[nH]c4c3)ccc21. The van der Waals surface area contributed by atoms with Crippen LogP contribution in [0.15, 0.2) is 45.6 Å². The summed E-state index contributed by atoms with van der Waals surface area (Å²) in [6.45, 7) is 2.75. The van der Waals surface area contributed by atoms with E-state index in [-0.39, 0.29) is 18.2 Å². The van der Waals surface area contributed by atoms with Crippen LogP contribution < -0.4 is 16.0 Å². The molecule has 28 heavy (non-hydrogen) atoms. The molecule has 0 saturated heterocycles. The highest BCUT2D eigenvalue weighted by Crippen LogP contribution is 2.30. The first kappa shape index (κ1) is 18.0. The molecule has 1 aromatic heterocycles. The van der Waals surface area contributed by atoms with Gasteiger partial charge in [0.1, 0.15) is 0 Å². The number of hydrogen-bond donors (Lipinski definition) is 2. The van der Waals surface area contributed by atoms with Gasteiger partial charge in [0, 0.05) is 24.3 Å².